The summed E-state index contributed by atoms with van der Waals surface area (Å²) >= 11 is 7.13. The van der Waals surface area contributed by atoms with Crippen LogP contribution in [0.15, 0.2) is 29.6 Å². The third-order valence-electron chi connectivity index (χ3n) is 3.45. The first-order valence-electron chi connectivity index (χ1n) is 7.79. The minimum Gasteiger partial charge on any atom is -0.495 e. The maximum Gasteiger partial charge on any atom is 0.251 e. The van der Waals surface area contributed by atoms with Gasteiger partial charge in [0.05, 0.1) is 31.5 Å². The zero-order chi connectivity index (χ0) is 20.0. The maximum atomic E-state index is 12.2. The van der Waals surface area contributed by atoms with Crippen LogP contribution in [-0.2, 0) is 9.59 Å². The third kappa shape index (κ3) is 5.95. The summed E-state index contributed by atoms with van der Waals surface area (Å²) < 4.78 is 5.17. The van der Waals surface area contributed by atoms with Crippen molar-refractivity contribution in [2.24, 2.45) is 5.73 Å². The predicted octanol–water partition coefficient (Wildman–Crippen LogP) is 2.02. The molecule has 0 fully saturated rings. The van der Waals surface area contributed by atoms with Crippen LogP contribution in [0.25, 0.3) is 0 Å². The number of carbonyl (C=O) groups is 3. The molecule has 0 radical (unpaired) electrons. The molecule has 0 saturated heterocycles. The molecule has 144 valence electrons. The molecule has 1 heterocycles. The van der Waals surface area contributed by atoms with Crippen molar-refractivity contribution in [3.8, 4) is 5.75 Å². The fourth-order valence-electron chi connectivity index (χ4n) is 2.28. The van der Waals surface area contributed by atoms with Crippen LogP contribution in [0.3, 0.4) is 0 Å². The summed E-state index contributed by atoms with van der Waals surface area (Å²) in [4.78, 5) is 37.1. The molecule has 0 spiro atoms. The molecule has 10 heteroatoms. The van der Waals surface area contributed by atoms with Crippen molar-refractivity contribution in [3.05, 3.63) is 40.2 Å². The molecule has 2 rings (SSSR count). The second kappa shape index (κ2) is 9.36. The number of ether oxygens (including phenoxy) is 1. The van der Waals surface area contributed by atoms with Crippen LogP contribution in [0.1, 0.15) is 10.4 Å². The number of primary amides is 1. The van der Waals surface area contributed by atoms with Gasteiger partial charge in [0.1, 0.15) is 10.8 Å². The van der Waals surface area contributed by atoms with Gasteiger partial charge in [0, 0.05) is 5.02 Å². The number of nitrogens with two attached hydrogens (primary N) is 1. The molecular formula is C17H19ClN4O4S. The number of hydrogen-bond acceptors (Lipinski definition) is 6. The van der Waals surface area contributed by atoms with E-state index in [1.165, 1.54) is 29.4 Å². The average molecular weight is 411 g/mol. The quantitative estimate of drug-likeness (QED) is 0.616. The van der Waals surface area contributed by atoms with Crippen LogP contribution in [0.5, 0.6) is 5.75 Å². The minimum absolute atomic E-state index is 0.0315. The molecule has 0 aliphatic carbocycles. The summed E-state index contributed by atoms with van der Waals surface area (Å²) in [5, 5.41) is 7.81. The zero-order valence-corrected chi connectivity index (χ0v) is 16.3. The number of methoxy groups -OCH3 is 1. The van der Waals surface area contributed by atoms with Gasteiger partial charge in [-0.15, -0.1) is 11.3 Å². The number of benzene rings is 1. The average Bonchev–Trinajstić information content (AvgIpc) is 3.02. The van der Waals surface area contributed by atoms with Gasteiger partial charge in [-0.05, 0) is 36.7 Å². The SMILES string of the molecule is COc1ccc(Cl)cc1NC(=O)CN(C)CC(=O)Nc1sccc1C(N)=O. The second-order valence-corrected chi connectivity index (χ2v) is 6.99. The maximum absolute atomic E-state index is 12.2. The zero-order valence-electron chi connectivity index (χ0n) is 14.7. The number of anilines is 2. The smallest absolute Gasteiger partial charge is 0.251 e. The Balaban J connectivity index is 1.89. The van der Waals surface area contributed by atoms with Gasteiger partial charge in [0.2, 0.25) is 11.8 Å². The summed E-state index contributed by atoms with van der Waals surface area (Å²) in [5.41, 5.74) is 5.94. The van der Waals surface area contributed by atoms with Crippen molar-refractivity contribution in [3.63, 3.8) is 0 Å². The number of amides is 3. The lowest BCUT2D eigenvalue weighted by molar-refractivity contribution is -0.119. The standard InChI is InChI=1S/C17H19ClN4O4S/c1-22(9-15(24)21-17-11(16(19)25)5-6-27-17)8-14(23)20-12-7-10(18)3-4-13(12)26-2/h3-7H,8-9H2,1-2H3,(H2,19,25)(H,20,23)(H,21,24). The van der Waals surface area contributed by atoms with E-state index in [1.54, 1.807) is 30.6 Å². The van der Waals surface area contributed by atoms with Crippen LogP contribution in [-0.4, -0.2) is 49.9 Å². The molecule has 0 atom stereocenters. The summed E-state index contributed by atoms with van der Waals surface area (Å²) in [7, 11) is 3.11. The fraction of sp³-hybridized carbons (Fsp3) is 0.235. The number of hydrogen-bond donors (Lipinski definition) is 3. The lowest BCUT2D eigenvalue weighted by Gasteiger charge is -2.17. The lowest BCUT2D eigenvalue weighted by atomic mass is 10.3. The monoisotopic (exact) mass is 410 g/mol. The van der Waals surface area contributed by atoms with Gasteiger partial charge in [-0.2, -0.15) is 0 Å². The number of nitrogens with zero attached hydrogens (tertiary/aromatic N) is 1. The van der Waals surface area contributed by atoms with E-state index < -0.39 is 5.91 Å². The lowest BCUT2D eigenvalue weighted by Crippen LogP contribution is -2.36. The Bertz CT molecular complexity index is 855. The van der Waals surface area contributed by atoms with Gasteiger partial charge in [0.15, 0.2) is 0 Å². The molecular weight excluding hydrogens is 392 g/mol. The molecule has 0 saturated carbocycles. The van der Waals surface area contributed by atoms with Gasteiger partial charge in [-0.3, -0.25) is 19.3 Å². The predicted molar refractivity (Wildman–Crippen MR) is 106 cm³/mol. The molecule has 4 N–H and O–H groups in total. The molecule has 27 heavy (non-hydrogen) atoms. The molecule has 0 aliphatic heterocycles. The molecule has 1 aromatic carbocycles. The van der Waals surface area contributed by atoms with Gasteiger partial charge in [-0.1, -0.05) is 11.6 Å². The van der Waals surface area contributed by atoms with E-state index in [1.807, 2.05) is 0 Å². The second-order valence-electron chi connectivity index (χ2n) is 5.64. The Hall–Kier alpha value is -2.62. The van der Waals surface area contributed by atoms with Gasteiger partial charge >= 0.3 is 0 Å². The van der Waals surface area contributed by atoms with Crippen molar-refractivity contribution < 1.29 is 19.1 Å². The van der Waals surface area contributed by atoms with E-state index in [9.17, 15) is 14.4 Å². The van der Waals surface area contributed by atoms with Crippen LogP contribution in [0.4, 0.5) is 10.7 Å². The normalized spacial score (nSPS) is 10.5. The summed E-state index contributed by atoms with van der Waals surface area (Å²) in [5.74, 6) is -0.838. The highest BCUT2D eigenvalue weighted by Gasteiger charge is 2.16. The fourth-order valence-corrected chi connectivity index (χ4v) is 3.26. The summed E-state index contributed by atoms with van der Waals surface area (Å²) in [6.07, 6.45) is 0. The Morgan fingerprint density at radius 2 is 1.85 bits per heavy atom. The first-order valence-corrected chi connectivity index (χ1v) is 9.05. The molecule has 8 nitrogen and oxygen atoms in total. The van der Waals surface area contributed by atoms with Crippen molar-refractivity contribution in [1.82, 2.24) is 4.90 Å². The van der Waals surface area contributed by atoms with Crippen molar-refractivity contribution in [1.29, 1.82) is 0 Å². The molecule has 2 aromatic rings. The van der Waals surface area contributed by atoms with E-state index in [-0.39, 0.29) is 30.5 Å². The van der Waals surface area contributed by atoms with Crippen molar-refractivity contribution >= 4 is 51.3 Å². The molecule has 0 bridgehead atoms. The summed E-state index contributed by atoms with van der Waals surface area (Å²) in [6, 6.07) is 6.41. The highest BCUT2D eigenvalue weighted by molar-refractivity contribution is 7.14. The molecule has 0 aliphatic rings. The van der Waals surface area contributed by atoms with Crippen molar-refractivity contribution in [2.75, 3.05) is 37.9 Å². The number of thiophene rings is 1. The van der Waals surface area contributed by atoms with E-state index in [0.717, 1.165) is 0 Å². The Morgan fingerprint density at radius 1 is 1.19 bits per heavy atom. The van der Waals surface area contributed by atoms with Crippen LogP contribution in [0, 0.1) is 0 Å². The van der Waals surface area contributed by atoms with Crippen LogP contribution >= 0.6 is 22.9 Å². The highest BCUT2D eigenvalue weighted by Crippen LogP contribution is 2.27. The van der Waals surface area contributed by atoms with E-state index in [0.29, 0.717) is 21.5 Å². The molecule has 3 amide bonds. The van der Waals surface area contributed by atoms with Crippen LogP contribution < -0.4 is 21.1 Å². The first-order chi connectivity index (χ1) is 12.8. The summed E-state index contributed by atoms with van der Waals surface area (Å²) in [6.45, 7) is -0.0770. The number of carbonyl (C=O) groups excluding carboxylic acids is 3. The van der Waals surface area contributed by atoms with E-state index in [4.69, 9.17) is 22.1 Å². The number of halogens is 1. The Morgan fingerprint density at radius 3 is 2.48 bits per heavy atom. The van der Waals surface area contributed by atoms with Crippen molar-refractivity contribution in [2.45, 2.75) is 0 Å². The van der Waals surface area contributed by atoms with Gasteiger partial charge in [0.25, 0.3) is 5.91 Å². The highest BCUT2D eigenvalue weighted by atomic mass is 35.5. The molecule has 0 unspecified atom stereocenters. The van der Waals surface area contributed by atoms with E-state index >= 15 is 0 Å². The first kappa shape index (κ1) is 20.7. The van der Waals surface area contributed by atoms with Crippen LogP contribution in [0.2, 0.25) is 5.02 Å². The third-order valence-corrected chi connectivity index (χ3v) is 4.51. The van der Waals surface area contributed by atoms with Gasteiger partial charge < -0.3 is 21.1 Å². The topological polar surface area (TPSA) is 114 Å². The number of likely N-dealkylation sites (N-methyl/N-ethyl adjacent to an activating group) is 1. The number of nitrogens with one attached hydrogen (secondary N) is 2. The molecule has 1 aromatic heterocycles. The largest absolute Gasteiger partial charge is 0.495 e. The number of rotatable bonds is 8. The Labute approximate surface area is 165 Å². The Kier molecular flexibility index (Phi) is 7.17. The van der Waals surface area contributed by atoms with Gasteiger partial charge in [-0.25, -0.2) is 0 Å². The van der Waals surface area contributed by atoms with E-state index in [2.05, 4.69) is 10.6 Å². The minimum atomic E-state index is -0.616.